The Hall–Kier alpha value is -0.0800. The van der Waals surface area contributed by atoms with Crippen LogP contribution in [0.5, 0.6) is 0 Å². The van der Waals surface area contributed by atoms with Crippen molar-refractivity contribution in [3.8, 4) is 0 Å². The smallest absolute Gasteiger partial charge is 0.00965 e. The van der Waals surface area contributed by atoms with Gasteiger partial charge in [0.2, 0.25) is 0 Å². The first kappa shape index (κ1) is 15.0. The fraction of sp³-hybridized carbons (Fsp3) is 1.00. The van der Waals surface area contributed by atoms with E-state index < -0.39 is 0 Å². The molecule has 0 aromatic rings. The number of likely N-dealkylation sites (tertiary alicyclic amines) is 1. The van der Waals surface area contributed by atoms with E-state index in [9.17, 15) is 0 Å². The molecular weight excluding hydrogens is 208 g/mol. The zero-order chi connectivity index (χ0) is 12.9. The third kappa shape index (κ3) is 7.05. The largest absolute Gasteiger partial charge is 0.312 e. The lowest BCUT2D eigenvalue weighted by Gasteiger charge is -2.35. The lowest BCUT2D eigenvalue weighted by atomic mass is 9.92. The van der Waals surface area contributed by atoms with Gasteiger partial charge in [0.05, 0.1) is 0 Å². The quantitative estimate of drug-likeness (QED) is 0.743. The van der Waals surface area contributed by atoms with Gasteiger partial charge in [0.25, 0.3) is 0 Å². The van der Waals surface area contributed by atoms with Crippen LogP contribution in [0.25, 0.3) is 0 Å². The fourth-order valence-electron chi connectivity index (χ4n) is 2.90. The van der Waals surface area contributed by atoms with Crippen LogP contribution in [0.15, 0.2) is 0 Å². The third-order valence-electron chi connectivity index (χ3n) is 3.50. The van der Waals surface area contributed by atoms with Crippen molar-refractivity contribution in [2.45, 2.75) is 59.4 Å². The van der Waals surface area contributed by atoms with Crippen molar-refractivity contribution in [1.29, 1.82) is 0 Å². The van der Waals surface area contributed by atoms with E-state index in [1.807, 2.05) is 0 Å². The van der Waals surface area contributed by atoms with Gasteiger partial charge in [-0.05, 0) is 65.0 Å². The second-order valence-electron chi connectivity index (χ2n) is 7.09. The number of hydrogen-bond donors (Lipinski definition) is 1. The molecule has 0 spiro atoms. The second kappa shape index (κ2) is 6.75. The molecule has 1 fully saturated rings. The van der Waals surface area contributed by atoms with Gasteiger partial charge < -0.3 is 10.2 Å². The van der Waals surface area contributed by atoms with Crippen molar-refractivity contribution in [3.05, 3.63) is 0 Å². The molecule has 17 heavy (non-hydrogen) atoms. The van der Waals surface area contributed by atoms with E-state index in [1.165, 1.54) is 38.9 Å². The van der Waals surface area contributed by atoms with Gasteiger partial charge in [-0.3, -0.25) is 0 Å². The molecule has 2 atom stereocenters. The van der Waals surface area contributed by atoms with Crippen LogP contribution < -0.4 is 5.32 Å². The highest BCUT2D eigenvalue weighted by Gasteiger charge is 2.20. The zero-order valence-electron chi connectivity index (χ0n) is 12.6. The molecule has 2 heteroatoms. The van der Waals surface area contributed by atoms with Crippen LogP contribution in [0, 0.1) is 11.8 Å². The molecule has 0 amide bonds. The maximum atomic E-state index is 3.56. The first-order chi connectivity index (χ1) is 7.87. The van der Waals surface area contributed by atoms with Gasteiger partial charge in [0.1, 0.15) is 0 Å². The Morgan fingerprint density at radius 2 is 1.65 bits per heavy atom. The van der Waals surface area contributed by atoms with E-state index in [0.29, 0.717) is 0 Å². The lowest BCUT2D eigenvalue weighted by molar-refractivity contribution is 0.139. The Kier molecular flexibility index (Phi) is 5.94. The van der Waals surface area contributed by atoms with Crippen LogP contribution in [0.2, 0.25) is 0 Å². The van der Waals surface area contributed by atoms with Crippen molar-refractivity contribution >= 4 is 0 Å². The summed E-state index contributed by atoms with van der Waals surface area (Å²) in [7, 11) is 0. The first-order valence-electron chi connectivity index (χ1n) is 7.34. The highest BCUT2D eigenvalue weighted by atomic mass is 15.1. The van der Waals surface area contributed by atoms with Gasteiger partial charge >= 0.3 is 0 Å². The molecule has 1 N–H and O–H groups in total. The van der Waals surface area contributed by atoms with Crippen molar-refractivity contribution in [3.63, 3.8) is 0 Å². The van der Waals surface area contributed by atoms with Crippen LogP contribution >= 0.6 is 0 Å². The molecule has 0 saturated carbocycles. The Bertz CT molecular complexity index is 197. The van der Waals surface area contributed by atoms with E-state index in [-0.39, 0.29) is 5.54 Å². The summed E-state index contributed by atoms with van der Waals surface area (Å²) in [6, 6.07) is 0. The average molecular weight is 240 g/mol. The van der Waals surface area contributed by atoms with Gasteiger partial charge in [-0.15, -0.1) is 0 Å². The zero-order valence-corrected chi connectivity index (χ0v) is 12.6. The monoisotopic (exact) mass is 240 g/mol. The molecular formula is C15H32N2. The normalized spacial score (nSPS) is 27.4. The van der Waals surface area contributed by atoms with E-state index >= 15 is 0 Å². The minimum Gasteiger partial charge on any atom is -0.312 e. The molecule has 1 rings (SSSR count). The standard InChI is InChI=1S/C15H32N2/c1-13-10-14(2)12-17(11-13)9-7-6-8-16-15(3,4)5/h13-14,16H,6-12H2,1-5H3. The summed E-state index contributed by atoms with van der Waals surface area (Å²) in [5, 5.41) is 3.56. The number of hydrogen-bond acceptors (Lipinski definition) is 2. The summed E-state index contributed by atoms with van der Waals surface area (Å²) in [6.07, 6.45) is 4.06. The van der Waals surface area contributed by atoms with Crippen molar-refractivity contribution < 1.29 is 0 Å². The van der Waals surface area contributed by atoms with Gasteiger partial charge in [0.15, 0.2) is 0 Å². The van der Waals surface area contributed by atoms with Gasteiger partial charge in [-0.2, -0.15) is 0 Å². The second-order valence-corrected chi connectivity index (χ2v) is 7.09. The minimum absolute atomic E-state index is 0.272. The highest BCUT2D eigenvalue weighted by Crippen LogP contribution is 2.20. The molecule has 1 aliphatic rings. The lowest BCUT2D eigenvalue weighted by Crippen LogP contribution is -2.40. The maximum absolute atomic E-state index is 3.56. The average Bonchev–Trinajstić information content (AvgIpc) is 2.13. The number of piperidine rings is 1. The Labute approximate surface area is 108 Å². The Balaban J connectivity index is 2.06. The molecule has 1 heterocycles. The van der Waals surface area contributed by atoms with Gasteiger partial charge in [0, 0.05) is 18.6 Å². The van der Waals surface area contributed by atoms with E-state index in [1.54, 1.807) is 0 Å². The third-order valence-corrected chi connectivity index (χ3v) is 3.50. The summed E-state index contributed by atoms with van der Waals surface area (Å²) in [4.78, 5) is 2.66. The van der Waals surface area contributed by atoms with Crippen molar-refractivity contribution in [2.75, 3.05) is 26.2 Å². The summed E-state index contributed by atoms with van der Waals surface area (Å²) in [5.41, 5.74) is 0.272. The van der Waals surface area contributed by atoms with E-state index in [4.69, 9.17) is 0 Å². The van der Waals surface area contributed by atoms with Crippen LogP contribution in [0.1, 0.15) is 53.9 Å². The summed E-state index contributed by atoms with van der Waals surface area (Å²) < 4.78 is 0. The topological polar surface area (TPSA) is 15.3 Å². The predicted molar refractivity (Wildman–Crippen MR) is 76.4 cm³/mol. The minimum atomic E-state index is 0.272. The van der Waals surface area contributed by atoms with Crippen molar-refractivity contribution in [2.24, 2.45) is 11.8 Å². The number of nitrogens with zero attached hydrogens (tertiary/aromatic N) is 1. The number of unbranched alkanes of at least 4 members (excludes halogenated alkanes) is 1. The Morgan fingerprint density at radius 1 is 1.06 bits per heavy atom. The van der Waals surface area contributed by atoms with Gasteiger partial charge in [-0.1, -0.05) is 13.8 Å². The number of rotatable bonds is 5. The van der Waals surface area contributed by atoms with E-state index in [2.05, 4.69) is 44.8 Å². The van der Waals surface area contributed by atoms with Crippen LogP contribution in [-0.2, 0) is 0 Å². The summed E-state index contributed by atoms with van der Waals surface area (Å²) >= 11 is 0. The van der Waals surface area contributed by atoms with Gasteiger partial charge in [-0.25, -0.2) is 0 Å². The molecule has 0 aromatic carbocycles. The molecule has 0 radical (unpaired) electrons. The fourth-order valence-corrected chi connectivity index (χ4v) is 2.90. The SMILES string of the molecule is CC1CC(C)CN(CCCCNC(C)(C)C)C1. The molecule has 0 aromatic heterocycles. The molecule has 0 aliphatic carbocycles. The summed E-state index contributed by atoms with van der Waals surface area (Å²) in [5.74, 6) is 1.79. The molecule has 0 bridgehead atoms. The van der Waals surface area contributed by atoms with Crippen LogP contribution in [0.3, 0.4) is 0 Å². The molecule has 2 nitrogen and oxygen atoms in total. The van der Waals surface area contributed by atoms with Crippen molar-refractivity contribution in [1.82, 2.24) is 10.2 Å². The predicted octanol–water partition coefficient (Wildman–Crippen LogP) is 3.13. The Morgan fingerprint density at radius 3 is 2.18 bits per heavy atom. The number of nitrogens with one attached hydrogen (secondary N) is 1. The summed E-state index contributed by atoms with van der Waals surface area (Å²) in [6.45, 7) is 16.6. The highest BCUT2D eigenvalue weighted by molar-refractivity contribution is 4.75. The maximum Gasteiger partial charge on any atom is 0.00965 e. The van der Waals surface area contributed by atoms with E-state index in [0.717, 1.165) is 18.4 Å². The molecule has 1 aliphatic heterocycles. The molecule has 1 saturated heterocycles. The molecule has 102 valence electrons. The first-order valence-corrected chi connectivity index (χ1v) is 7.34. The van der Waals surface area contributed by atoms with Crippen LogP contribution in [-0.4, -0.2) is 36.6 Å². The molecule has 2 unspecified atom stereocenters. The van der Waals surface area contributed by atoms with Crippen LogP contribution in [0.4, 0.5) is 0 Å².